The first-order chi connectivity index (χ1) is 14.6. The molecule has 30 heavy (non-hydrogen) atoms. The van der Waals surface area contributed by atoms with Crippen molar-refractivity contribution in [3.05, 3.63) is 54.4 Å². The second kappa shape index (κ2) is 8.71. The van der Waals surface area contributed by atoms with E-state index < -0.39 is 5.41 Å². The summed E-state index contributed by atoms with van der Waals surface area (Å²) in [6.07, 6.45) is 13.2. The Balaban J connectivity index is 1.63. The third-order valence-electron chi connectivity index (χ3n) is 6.47. The average molecular weight is 402 g/mol. The van der Waals surface area contributed by atoms with Gasteiger partial charge in [-0.3, -0.25) is 14.6 Å². The molecule has 4 rings (SSSR count). The molecular weight excluding hydrogens is 374 g/mol. The number of hydrogen-bond acceptors (Lipinski definition) is 3. The van der Waals surface area contributed by atoms with Gasteiger partial charge in [0, 0.05) is 37.0 Å². The molecule has 0 bridgehead atoms. The highest BCUT2D eigenvalue weighted by Gasteiger charge is 2.47. The van der Waals surface area contributed by atoms with E-state index in [1.807, 2.05) is 35.4 Å². The van der Waals surface area contributed by atoms with Gasteiger partial charge < -0.3 is 10.2 Å². The van der Waals surface area contributed by atoms with E-state index in [1.54, 1.807) is 6.20 Å². The molecule has 2 fully saturated rings. The van der Waals surface area contributed by atoms with Crippen molar-refractivity contribution in [2.75, 3.05) is 19.6 Å². The maximum atomic E-state index is 13.2. The molecule has 1 saturated heterocycles. The Kier molecular flexibility index (Phi) is 5.85. The third kappa shape index (κ3) is 3.95. The van der Waals surface area contributed by atoms with Crippen molar-refractivity contribution in [1.82, 2.24) is 15.2 Å². The Morgan fingerprint density at radius 2 is 2.07 bits per heavy atom. The fraction of sp³-hybridized carbons (Fsp3) is 0.400. The minimum atomic E-state index is -0.672. The fourth-order valence-electron chi connectivity index (χ4n) is 4.55. The summed E-state index contributed by atoms with van der Waals surface area (Å²) >= 11 is 0. The fourth-order valence-corrected chi connectivity index (χ4v) is 4.55. The summed E-state index contributed by atoms with van der Waals surface area (Å²) < 4.78 is 0. The van der Waals surface area contributed by atoms with Gasteiger partial charge >= 0.3 is 0 Å². The number of rotatable bonds is 6. The lowest BCUT2D eigenvalue weighted by molar-refractivity contribution is -0.138. The highest BCUT2D eigenvalue weighted by molar-refractivity contribution is 5.87. The SMILES string of the molecule is C#CCNC(=O)C1(Cc2ccccc2-c2cccnc2)CCN(C(=O)C2CCC2)C1. The van der Waals surface area contributed by atoms with Gasteiger partial charge in [0.2, 0.25) is 11.8 Å². The molecule has 0 radical (unpaired) electrons. The predicted octanol–water partition coefficient (Wildman–Crippen LogP) is 3.06. The van der Waals surface area contributed by atoms with Gasteiger partial charge in [0.15, 0.2) is 0 Å². The maximum absolute atomic E-state index is 13.2. The number of nitrogens with zero attached hydrogens (tertiary/aromatic N) is 2. The van der Waals surface area contributed by atoms with Gasteiger partial charge in [0.25, 0.3) is 0 Å². The Bertz CT molecular complexity index is 962. The molecule has 1 atom stereocenters. The number of nitrogens with one attached hydrogen (secondary N) is 1. The first-order valence-electron chi connectivity index (χ1n) is 10.6. The van der Waals surface area contributed by atoms with Gasteiger partial charge in [-0.25, -0.2) is 0 Å². The van der Waals surface area contributed by atoms with Crippen LogP contribution in [0.15, 0.2) is 48.8 Å². The van der Waals surface area contributed by atoms with Crippen LogP contribution in [0.3, 0.4) is 0 Å². The lowest BCUT2D eigenvalue weighted by atomic mass is 9.78. The Labute approximate surface area is 177 Å². The normalized spacial score (nSPS) is 21.0. The van der Waals surface area contributed by atoms with E-state index in [0.717, 1.165) is 36.0 Å². The van der Waals surface area contributed by atoms with Crippen molar-refractivity contribution in [3.63, 3.8) is 0 Å². The zero-order valence-corrected chi connectivity index (χ0v) is 17.1. The molecule has 1 aliphatic heterocycles. The minimum Gasteiger partial charge on any atom is -0.345 e. The summed E-state index contributed by atoms with van der Waals surface area (Å²) in [6, 6.07) is 12.1. The first kappa shape index (κ1) is 20.2. The van der Waals surface area contributed by atoms with Crippen LogP contribution in [0.2, 0.25) is 0 Å². The zero-order valence-electron chi connectivity index (χ0n) is 17.1. The molecule has 5 nitrogen and oxygen atoms in total. The second-order valence-corrected chi connectivity index (χ2v) is 8.38. The van der Waals surface area contributed by atoms with Crippen LogP contribution >= 0.6 is 0 Å². The summed E-state index contributed by atoms with van der Waals surface area (Å²) in [5, 5.41) is 2.89. The van der Waals surface area contributed by atoms with Crippen molar-refractivity contribution in [2.24, 2.45) is 11.3 Å². The average Bonchev–Trinajstić information content (AvgIpc) is 3.17. The van der Waals surface area contributed by atoms with Crippen LogP contribution in [0.1, 0.15) is 31.2 Å². The van der Waals surface area contributed by atoms with E-state index in [4.69, 9.17) is 6.42 Å². The Hall–Kier alpha value is -3.13. The number of carbonyl (C=O) groups is 2. The number of amides is 2. The molecule has 2 aliphatic rings. The van der Waals surface area contributed by atoms with E-state index >= 15 is 0 Å². The Morgan fingerprint density at radius 1 is 1.23 bits per heavy atom. The van der Waals surface area contributed by atoms with Crippen molar-refractivity contribution in [3.8, 4) is 23.5 Å². The van der Waals surface area contributed by atoms with Crippen molar-refractivity contribution >= 4 is 11.8 Å². The van der Waals surface area contributed by atoms with Crippen LogP contribution in [-0.4, -0.2) is 41.3 Å². The van der Waals surface area contributed by atoms with Gasteiger partial charge in [0.1, 0.15) is 0 Å². The van der Waals surface area contributed by atoms with E-state index in [9.17, 15) is 9.59 Å². The number of pyridine rings is 1. The molecule has 5 heteroatoms. The van der Waals surface area contributed by atoms with E-state index in [1.165, 1.54) is 0 Å². The molecule has 154 valence electrons. The van der Waals surface area contributed by atoms with Crippen LogP contribution in [0.4, 0.5) is 0 Å². The predicted molar refractivity (Wildman–Crippen MR) is 116 cm³/mol. The van der Waals surface area contributed by atoms with Crippen LogP contribution in [0.25, 0.3) is 11.1 Å². The van der Waals surface area contributed by atoms with Crippen LogP contribution in [-0.2, 0) is 16.0 Å². The number of likely N-dealkylation sites (tertiary alicyclic amines) is 1. The van der Waals surface area contributed by atoms with Crippen LogP contribution in [0, 0.1) is 23.7 Å². The third-order valence-corrected chi connectivity index (χ3v) is 6.47. The largest absolute Gasteiger partial charge is 0.345 e. The van der Waals surface area contributed by atoms with E-state index in [-0.39, 0.29) is 24.3 Å². The van der Waals surface area contributed by atoms with Crippen molar-refractivity contribution in [1.29, 1.82) is 0 Å². The van der Waals surface area contributed by atoms with E-state index in [0.29, 0.717) is 25.9 Å². The molecule has 1 unspecified atom stereocenters. The monoisotopic (exact) mass is 401 g/mol. The smallest absolute Gasteiger partial charge is 0.229 e. The van der Waals surface area contributed by atoms with Crippen LogP contribution in [0.5, 0.6) is 0 Å². The molecule has 1 N–H and O–H groups in total. The molecule has 1 aromatic heterocycles. The number of terminal acetylenes is 1. The molecule has 1 saturated carbocycles. The molecular formula is C25H27N3O2. The summed E-state index contributed by atoms with van der Waals surface area (Å²) in [5.74, 6) is 2.76. The molecule has 1 aromatic carbocycles. The summed E-state index contributed by atoms with van der Waals surface area (Å²) in [7, 11) is 0. The van der Waals surface area contributed by atoms with Gasteiger partial charge in [-0.1, -0.05) is 42.7 Å². The van der Waals surface area contributed by atoms with Gasteiger partial charge in [0.05, 0.1) is 12.0 Å². The molecule has 1 aliphatic carbocycles. The van der Waals surface area contributed by atoms with Crippen molar-refractivity contribution in [2.45, 2.75) is 32.1 Å². The molecule has 2 aromatic rings. The molecule has 0 spiro atoms. The first-order valence-corrected chi connectivity index (χ1v) is 10.6. The van der Waals surface area contributed by atoms with Gasteiger partial charge in [-0.05, 0) is 42.9 Å². The maximum Gasteiger partial charge on any atom is 0.229 e. The van der Waals surface area contributed by atoms with Crippen molar-refractivity contribution < 1.29 is 9.59 Å². The lowest BCUT2D eigenvalue weighted by Crippen LogP contribution is -2.46. The summed E-state index contributed by atoms with van der Waals surface area (Å²) in [4.78, 5) is 32.2. The quantitative estimate of drug-likeness (QED) is 0.757. The number of benzene rings is 1. The number of aromatic nitrogens is 1. The Morgan fingerprint density at radius 3 is 2.77 bits per heavy atom. The van der Waals surface area contributed by atoms with Gasteiger partial charge in [-0.2, -0.15) is 0 Å². The molecule has 2 amide bonds. The van der Waals surface area contributed by atoms with E-state index in [2.05, 4.69) is 28.4 Å². The highest BCUT2D eigenvalue weighted by atomic mass is 16.2. The topological polar surface area (TPSA) is 62.3 Å². The van der Waals surface area contributed by atoms with Gasteiger partial charge in [-0.15, -0.1) is 6.42 Å². The lowest BCUT2D eigenvalue weighted by Gasteiger charge is -2.32. The zero-order chi connectivity index (χ0) is 21.0. The number of carbonyl (C=O) groups excluding carboxylic acids is 2. The summed E-state index contributed by atoms with van der Waals surface area (Å²) in [5.41, 5.74) is 2.50. The number of hydrogen-bond donors (Lipinski definition) is 1. The minimum absolute atomic E-state index is 0.0645. The second-order valence-electron chi connectivity index (χ2n) is 8.38. The molecule has 2 heterocycles. The van der Waals surface area contributed by atoms with Crippen LogP contribution < -0.4 is 5.32 Å². The highest BCUT2D eigenvalue weighted by Crippen LogP contribution is 2.39. The standard InChI is InChI=1S/C25H27N3O2/c1-2-13-27-24(30)25(12-15-28(18-25)23(29)19-8-5-9-19)16-20-7-3-4-11-22(20)21-10-6-14-26-17-21/h1,3-4,6-7,10-11,14,17,19H,5,8-9,12-13,15-16,18H2,(H,27,30). The summed E-state index contributed by atoms with van der Waals surface area (Å²) in [6.45, 7) is 1.26.